The second-order valence-electron chi connectivity index (χ2n) is 3.95. The van der Waals surface area contributed by atoms with Crippen LogP contribution in [0.1, 0.15) is 26.5 Å². The number of ether oxygens (including phenoxy) is 1. The Morgan fingerprint density at radius 2 is 2.00 bits per heavy atom. The van der Waals surface area contributed by atoms with Gasteiger partial charge in [0.15, 0.2) is 5.75 Å². The van der Waals surface area contributed by atoms with Gasteiger partial charge in [0.05, 0.1) is 18.3 Å². The minimum absolute atomic E-state index is 0.0237. The van der Waals surface area contributed by atoms with Crippen molar-refractivity contribution in [1.82, 2.24) is 4.98 Å². The molecule has 1 aromatic rings. The summed E-state index contributed by atoms with van der Waals surface area (Å²) in [6.45, 7) is 6.29. The number of hydrogen-bond acceptors (Lipinski definition) is 2. The maximum Gasteiger partial charge on any atom is 0.155 e. The highest BCUT2D eigenvalue weighted by atomic mass is 35.5. The molecule has 0 N–H and O–H groups in total. The van der Waals surface area contributed by atoms with Crippen molar-refractivity contribution in [3.8, 4) is 5.75 Å². The molecule has 0 bridgehead atoms. The van der Waals surface area contributed by atoms with Crippen molar-refractivity contribution in [3.05, 3.63) is 23.0 Å². The first-order valence-corrected chi connectivity index (χ1v) is 4.53. The van der Waals surface area contributed by atoms with Crippen LogP contribution in [0.15, 0.2) is 12.3 Å². The Labute approximate surface area is 83.9 Å². The van der Waals surface area contributed by atoms with Crippen molar-refractivity contribution < 1.29 is 4.74 Å². The fraction of sp³-hybridized carbons (Fsp3) is 0.500. The molecule has 0 fully saturated rings. The quantitative estimate of drug-likeness (QED) is 0.694. The normalized spacial score (nSPS) is 11.5. The Hall–Kier alpha value is -0.760. The van der Waals surface area contributed by atoms with Crippen LogP contribution in [-0.4, -0.2) is 12.1 Å². The van der Waals surface area contributed by atoms with E-state index in [1.54, 1.807) is 13.3 Å². The summed E-state index contributed by atoms with van der Waals surface area (Å²) < 4.78 is 5.02. The van der Waals surface area contributed by atoms with E-state index in [9.17, 15) is 0 Å². The van der Waals surface area contributed by atoms with Crippen molar-refractivity contribution in [2.75, 3.05) is 7.11 Å². The zero-order chi connectivity index (χ0) is 10.1. The molecule has 0 radical (unpaired) electrons. The van der Waals surface area contributed by atoms with Crippen LogP contribution in [0.25, 0.3) is 0 Å². The second kappa shape index (κ2) is 3.54. The number of pyridine rings is 1. The molecule has 0 unspecified atom stereocenters. The van der Waals surface area contributed by atoms with E-state index in [1.807, 2.05) is 6.07 Å². The van der Waals surface area contributed by atoms with E-state index >= 15 is 0 Å². The molecule has 0 saturated carbocycles. The minimum Gasteiger partial charge on any atom is -0.494 e. The smallest absolute Gasteiger partial charge is 0.155 e. The fourth-order valence-corrected chi connectivity index (χ4v) is 1.21. The highest BCUT2D eigenvalue weighted by molar-refractivity contribution is 6.32. The number of aromatic nitrogens is 1. The topological polar surface area (TPSA) is 22.1 Å². The van der Waals surface area contributed by atoms with Gasteiger partial charge < -0.3 is 4.74 Å². The van der Waals surface area contributed by atoms with Gasteiger partial charge in [-0.15, -0.1) is 0 Å². The molecule has 0 aliphatic carbocycles. The Morgan fingerprint density at radius 1 is 1.38 bits per heavy atom. The van der Waals surface area contributed by atoms with E-state index in [1.165, 1.54) is 0 Å². The average molecular weight is 200 g/mol. The summed E-state index contributed by atoms with van der Waals surface area (Å²) in [5.74, 6) is 0.620. The van der Waals surface area contributed by atoms with Gasteiger partial charge in [0.1, 0.15) is 0 Å². The molecule has 0 aliphatic rings. The largest absolute Gasteiger partial charge is 0.494 e. The zero-order valence-corrected chi connectivity index (χ0v) is 9.14. The van der Waals surface area contributed by atoms with Crippen molar-refractivity contribution in [1.29, 1.82) is 0 Å². The number of rotatable bonds is 1. The summed E-state index contributed by atoms with van der Waals surface area (Å²) >= 11 is 5.97. The molecule has 13 heavy (non-hydrogen) atoms. The number of methoxy groups -OCH3 is 1. The highest BCUT2D eigenvalue weighted by Gasteiger charge is 2.16. The van der Waals surface area contributed by atoms with Crippen LogP contribution in [0.3, 0.4) is 0 Å². The zero-order valence-electron chi connectivity index (χ0n) is 8.39. The van der Waals surface area contributed by atoms with Gasteiger partial charge in [-0.05, 0) is 6.07 Å². The molecule has 1 aromatic heterocycles. The van der Waals surface area contributed by atoms with E-state index < -0.39 is 0 Å². The third-order valence-electron chi connectivity index (χ3n) is 1.81. The SMILES string of the molecule is COc1cnc(C(C)(C)C)cc1Cl. The molecule has 1 rings (SSSR count). The lowest BCUT2D eigenvalue weighted by Crippen LogP contribution is -2.13. The van der Waals surface area contributed by atoms with Crippen molar-refractivity contribution >= 4 is 11.6 Å². The highest BCUT2D eigenvalue weighted by Crippen LogP contribution is 2.28. The van der Waals surface area contributed by atoms with Gasteiger partial charge in [0.2, 0.25) is 0 Å². The van der Waals surface area contributed by atoms with Gasteiger partial charge in [-0.2, -0.15) is 0 Å². The standard InChI is InChI=1S/C10H14ClNO/c1-10(2,3)9-5-7(11)8(13-4)6-12-9/h5-6H,1-4H3. The Balaban J connectivity index is 3.10. The van der Waals surface area contributed by atoms with E-state index in [-0.39, 0.29) is 5.41 Å². The van der Waals surface area contributed by atoms with Gasteiger partial charge in [-0.25, -0.2) is 0 Å². The first-order chi connectivity index (χ1) is 5.95. The first kappa shape index (κ1) is 10.3. The van der Waals surface area contributed by atoms with Gasteiger partial charge >= 0.3 is 0 Å². The third-order valence-corrected chi connectivity index (χ3v) is 2.10. The third kappa shape index (κ3) is 2.34. The summed E-state index contributed by atoms with van der Waals surface area (Å²) in [5.41, 5.74) is 0.994. The summed E-state index contributed by atoms with van der Waals surface area (Å²) in [6.07, 6.45) is 1.66. The van der Waals surface area contributed by atoms with Gasteiger partial charge in [-0.3, -0.25) is 4.98 Å². The molecule has 0 spiro atoms. The molecule has 3 heteroatoms. The molecule has 1 heterocycles. The summed E-state index contributed by atoms with van der Waals surface area (Å²) in [5, 5.41) is 0.613. The monoisotopic (exact) mass is 199 g/mol. The molecule has 0 aliphatic heterocycles. The van der Waals surface area contributed by atoms with Gasteiger partial charge in [0.25, 0.3) is 0 Å². The first-order valence-electron chi connectivity index (χ1n) is 4.15. The van der Waals surface area contributed by atoms with Crippen molar-refractivity contribution in [2.24, 2.45) is 0 Å². The molecule has 0 amide bonds. The van der Waals surface area contributed by atoms with Crippen LogP contribution in [0.2, 0.25) is 5.02 Å². The molecule has 72 valence electrons. The van der Waals surface area contributed by atoms with Crippen LogP contribution in [0.5, 0.6) is 5.75 Å². The van der Waals surface area contributed by atoms with Crippen LogP contribution >= 0.6 is 11.6 Å². The number of halogens is 1. The average Bonchev–Trinajstić information content (AvgIpc) is 2.02. The van der Waals surface area contributed by atoms with Crippen LogP contribution in [0, 0.1) is 0 Å². The van der Waals surface area contributed by atoms with Crippen LogP contribution in [0.4, 0.5) is 0 Å². The molecule has 0 atom stereocenters. The molecule has 0 saturated heterocycles. The Bertz CT molecular complexity index is 304. The Morgan fingerprint density at radius 3 is 2.38 bits per heavy atom. The summed E-state index contributed by atoms with van der Waals surface area (Å²) in [7, 11) is 1.58. The maximum atomic E-state index is 5.97. The van der Waals surface area contributed by atoms with Crippen molar-refractivity contribution in [3.63, 3.8) is 0 Å². The predicted molar refractivity (Wildman–Crippen MR) is 54.5 cm³/mol. The fourth-order valence-electron chi connectivity index (χ4n) is 0.979. The van der Waals surface area contributed by atoms with E-state index in [4.69, 9.17) is 16.3 Å². The summed E-state index contributed by atoms with van der Waals surface area (Å²) in [4.78, 5) is 4.27. The van der Waals surface area contributed by atoms with Gasteiger partial charge in [0, 0.05) is 11.1 Å². The molecule has 2 nitrogen and oxygen atoms in total. The van der Waals surface area contributed by atoms with Gasteiger partial charge in [-0.1, -0.05) is 32.4 Å². The number of hydrogen-bond donors (Lipinski definition) is 0. The minimum atomic E-state index is 0.0237. The van der Waals surface area contributed by atoms with Crippen LogP contribution < -0.4 is 4.74 Å². The van der Waals surface area contributed by atoms with Crippen LogP contribution in [-0.2, 0) is 5.41 Å². The lowest BCUT2D eigenvalue weighted by molar-refractivity contribution is 0.411. The molecular formula is C10H14ClNO. The second-order valence-corrected chi connectivity index (χ2v) is 4.36. The molecule has 0 aromatic carbocycles. The lowest BCUT2D eigenvalue weighted by atomic mass is 9.92. The Kier molecular flexibility index (Phi) is 2.81. The maximum absolute atomic E-state index is 5.97. The molecular weight excluding hydrogens is 186 g/mol. The predicted octanol–water partition coefficient (Wildman–Crippen LogP) is 3.04. The van der Waals surface area contributed by atoms with E-state index in [0.29, 0.717) is 10.8 Å². The van der Waals surface area contributed by atoms with E-state index in [2.05, 4.69) is 25.8 Å². The summed E-state index contributed by atoms with van der Waals surface area (Å²) in [6, 6.07) is 1.85. The van der Waals surface area contributed by atoms with Crippen molar-refractivity contribution in [2.45, 2.75) is 26.2 Å². The number of nitrogens with zero attached hydrogens (tertiary/aromatic N) is 1. The lowest BCUT2D eigenvalue weighted by Gasteiger charge is -2.18. The van der Waals surface area contributed by atoms with E-state index in [0.717, 1.165) is 5.69 Å².